The molecule has 0 aliphatic carbocycles. The summed E-state index contributed by atoms with van der Waals surface area (Å²) in [7, 11) is 2.97. The Hall–Kier alpha value is -1.66. The Morgan fingerprint density at radius 2 is 2.26 bits per heavy atom. The first-order valence-corrected chi connectivity index (χ1v) is 6.04. The van der Waals surface area contributed by atoms with Crippen LogP contribution in [-0.2, 0) is 0 Å². The highest BCUT2D eigenvalue weighted by Gasteiger charge is 2.31. The monoisotopic (exact) mass is 268 g/mol. The van der Waals surface area contributed by atoms with Gasteiger partial charge >= 0.3 is 0 Å². The van der Waals surface area contributed by atoms with Crippen LogP contribution in [0, 0.1) is 5.82 Å². The highest BCUT2D eigenvalue weighted by atomic mass is 19.1. The average molecular weight is 268 g/mol. The Morgan fingerprint density at radius 3 is 2.84 bits per heavy atom. The van der Waals surface area contributed by atoms with Crippen LogP contribution in [0.5, 0.6) is 5.75 Å². The van der Waals surface area contributed by atoms with E-state index in [9.17, 15) is 14.3 Å². The van der Waals surface area contributed by atoms with Crippen LogP contribution in [0.3, 0.4) is 0 Å². The molecule has 0 radical (unpaired) electrons. The first-order valence-electron chi connectivity index (χ1n) is 6.04. The number of ether oxygens (including phenoxy) is 1. The van der Waals surface area contributed by atoms with Gasteiger partial charge in [0.2, 0.25) is 0 Å². The smallest absolute Gasteiger partial charge is 0.254 e. The fraction of sp³-hybridized carbons (Fsp3) is 0.462. The number of nitrogens with one attached hydrogen (secondary N) is 1. The molecule has 0 bridgehead atoms. The van der Waals surface area contributed by atoms with Crippen molar-refractivity contribution < 1.29 is 19.0 Å². The predicted octanol–water partition coefficient (Wildman–Crippen LogP) is 0.239. The lowest BCUT2D eigenvalue weighted by Gasteiger charge is -2.26. The molecule has 0 spiro atoms. The van der Waals surface area contributed by atoms with Gasteiger partial charge in [0.25, 0.3) is 5.91 Å². The topological polar surface area (TPSA) is 61.8 Å². The van der Waals surface area contributed by atoms with Crippen LogP contribution < -0.4 is 10.1 Å². The SMILES string of the molecule is COc1cc(C(=O)N(C)[C@H]2CNC[C@@H]2O)ccc1F. The van der Waals surface area contributed by atoms with Crippen molar-refractivity contribution >= 4 is 5.91 Å². The quantitative estimate of drug-likeness (QED) is 0.824. The number of carbonyl (C=O) groups excluding carboxylic acids is 1. The van der Waals surface area contributed by atoms with Gasteiger partial charge in [-0.05, 0) is 18.2 Å². The van der Waals surface area contributed by atoms with Gasteiger partial charge in [-0.15, -0.1) is 0 Å². The molecule has 0 aromatic heterocycles. The summed E-state index contributed by atoms with van der Waals surface area (Å²) in [6.07, 6.45) is -0.587. The Balaban J connectivity index is 2.19. The lowest BCUT2D eigenvalue weighted by molar-refractivity contribution is 0.0581. The van der Waals surface area contributed by atoms with Gasteiger partial charge in [0.1, 0.15) is 0 Å². The van der Waals surface area contributed by atoms with Crippen LogP contribution in [0.15, 0.2) is 18.2 Å². The molecule has 19 heavy (non-hydrogen) atoms. The maximum absolute atomic E-state index is 13.3. The number of nitrogens with zero attached hydrogens (tertiary/aromatic N) is 1. The number of methoxy groups -OCH3 is 1. The molecular weight excluding hydrogens is 251 g/mol. The molecule has 2 atom stereocenters. The fourth-order valence-electron chi connectivity index (χ4n) is 2.19. The standard InChI is InChI=1S/C13H17FN2O3/c1-16(10-6-15-7-11(10)17)13(18)8-3-4-9(14)12(5-8)19-2/h3-5,10-11,15,17H,6-7H2,1-2H3/t10-,11-/m0/s1. The molecule has 2 rings (SSSR count). The molecule has 1 aliphatic rings. The van der Waals surface area contributed by atoms with Crippen molar-refractivity contribution in [1.29, 1.82) is 0 Å². The first-order chi connectivity index (χ1) is 9.04. The Morgan fingerprint density at radius 1 is 1.53 bits per heavy atom. The van der Waals surface area contributed by atoms with E-state index >= 15 is 0 Å². The molecule has 1 amide bonds. The van der Waals surface area contributed by atoms with Gasteiger partial charge in [0.05, 0.1) is 19.3 Å². The third-order valence-electron chi connectivity index (χ3n) is 3.37. The number of rotatable bonds is 3. The Bertz CT molecular complexity index is 481. The molecule has 2 N–H and O–H groups in total. The van der Waals surface area contributed by atoms with Gasteiger partial charge in [0, 0.05) is 25.7 Å². The van der Waals surface area contributed by atoms with Crippen molar-refractivity contribution in [3.63, 3.8) is 0 Å². The van der Waals surface area contributed by atoms with E-state index in [0.717, 1.165) is 0 Å². The molecule has 1 aromatic rings. The van der Waals surface area contributed by atoms with Gasteiger partial charge in [0.15, 0.2) is 11.6 Å². The Labute approximate surface area is 111 Å². The summed E-state index contributed by atoms with van der Waals surface area (Å²) in [5.74, 6) is -0.750. The molecule has 6 heteroatoms. The normalized spacial score (nSPS) is 22.3. The third-order valence-corrected chi connectivity index (χ3v) is 3.37. The van der Waals surface area contributed by atoms with Crippen molar-refractivity contribution in [3.05, 3.63) is 29.6 Å². The zero-order chi connectivity index (χ0) is 14.0. The van der Waals surface area contributed by atoms with E-state index in [1.54, 1.807) is 7.05 Å². The second-order valence-corrected chi connectivity index (χ2v) is 4.56. The van der Waals surface area contributed by atoms with E-state index in [1.807, 2.05) is 0 Å². The van der Waals surface area contributed by atoms with Crippen molar-refractivity contribution in [3.8, 4) is 5.75 Å². The van der Waals surface area contributed by atoms with E-state index in [1.165, 1.54) is 30.2 Å². The lowest BCUT2D eigenvalue weighted by atomic mass is 10.1. The van der Waals surface area contributed by atoms with Crippen molar-refractivity contribution in [2.24, 2.45) is 0 Å². The maximum atomic E-state index is 13.3. The van der Waals surface area contributed by atoms with Crippen molar-refractivity contribution in [2.45, 2.75) is 12.1 Å². The number of aliphatic hydroxyl groups excluding tert-OH is 1. The molecule has 5 nitrogen and oxygen atoms in total. The lowest BCUT2D eigenvalue weighted by Crippen LogP contribution is -2.44. The number of benzene rings is 1. The summed E-state index contributed by atoms with van der Waals surface area (Å²) in [5, 5.41) is 12.8. The van der Waals surface area contributed by atoms with Gasteiger partial charge in [-0.2, -0.15) is 0 Å². The first kappa shape index (κ1) is 13.8. The van der Waals surface area contributed by atoms with Crippen LogP contribution in [-0.4, -0.2) is 55.3 Å². The highest BCUT2D eigenvalue weighted by Crippen LogP contribution is 2.20. The van der Waals surface area contributed by atoms with Gasteiger partial charge in [-0.3, -0.25) is 4.79 Å². The van der Waals surface area contributed by atoms with Crippen LogP contribution in [0.25, 0.3) is 0 Å². The van der Waals surface area contributed by atoms with Gasteiger partial charge in [-0.25, -0.2) is 4.39 Å². The zero-order valence-electron chi connectivity index (χ0n) is 10.9. The third kappa shape index (κ3) is 2.69. The van der Waals surface area contributed by atoms with E-state index in [2.05, 4.69) is 5.32 Å². The molecule has 0 unspecified atom stereocenters. The number of carbonyl (C=O) groups is 1. The minimum absolute atomic E-state index is 0.0318. The van der Waals surface area contributed by atoms with Crippen LogP contribution >= 0.6 is 0 Å². The minimum Gasteiger partial charge on any atom is -0.494 e. The van der Waals surface area contributed by atoms with Crippen LogP contribution in [0.4, 0.5) is 4.39 Å². The number of amides is 1. The molecule has 0 saturated carbocycles. The maximum Gasteiger partial charge on any atom is 0.254 e. The molecule has 1 fully saturated rings. The number of halogens is 1. The number of β-amino-alcohol motifs (C(OH)–C–C–N with tert-alkyl or cyclic N) is 1. The van der Waals surface area contributed by atoms with E-state index in [0.29, 0.717) is 18.7 Å². The summed E-state index contributed by atoms with van der Waals surface area (Å²) in [6, 6.07) is 3.70. The number of hydrogen-bond donors (Lipinski definition) is 2. The van der Waals surface area contributed by atoms with E-state index in [4.69, 9.17) is 4.74 Å². The summed E-state index contributed by atoms with van der Waals surface area (Å²) in [4.78, 5) is 13.7. The summed E-state index contributed by atoms with van der Waals surface area (Å²) in [6.45, 7) is 1.01. The number of likely N-dealkylation sites (N-methyl/N-ethyl adjacent to an activating group) is 1. The molecular formula is C13H17FN2O3. The summed E-state index contributed by atoms with van der Waals surface area (Å²) < 4.78 is 18.2. The highest BCUT2D eigenvalue weighted by molar-refractivity contribution is 5.94. The minimum atomic E-state index is -0.587. The number of aliphatic hydroxyl groups is 1. The Kier molecular flexibility index (Phi) is 4.01. The molecule has 104 valence electrons. The van der Waals surface area contributed by atoms with Crippen LogP contribution in [0.1, 0.15) is 10.4 Å². The summed E-state index contributed by atoms with van der Waals surface area (Å²) in [5.41, 5.74) is 0.333. The second-order valence-electron chi connectivity index (χ2n) is 4.56. The van der Waals surface area contributed by atoms with Gasteiger partial charge < -0.3 is 20.1 Å². The predicted molar refractivity (Wildman–Crippen MR) is 67.7 cm³/mol. The van der Waals surface area contributed by atoms with Crippen molar-refractivity contribution in [2.75, 3.05) is 27.2 Å². The van der Waals surface area contributed by atoms with Crippen LogP contribution in [0.2, 0.25) is 0 Å². The summed E-state index contributed by atoms with van der Waals surface area (Å²) >= 11 is 0. The molecule has 1 heterocycles. The zero-order valence-corrected chi connectivity index (χ0v) is 10.9. The molecule has 1 aliphatic heterocycles. The largest absolute Gasteiger partial charge is 0.494 e. The van der Waals surface area contributed by atoms with Gasteiger partial charge in [-0.1, -0.05) is 0 Å². The van der Waals surface area contributed by atoms with Crippen molar-refractivity contribution in [1.82, 2.24) is 10.2 Å². The van der Waals surface area contributed by atoms with E-state index in [-0.39, 0.29) is 17.7 Å². The molecule has 1 saturated heterocycles. The number of hydrogen-bond acceptors (Lipinski definition) is 4. The average Bonchev–Trinajstić information content (AvgIpc) is 2.84. The van der Waals surface area contributed by atoms with E-state index < -0.39 is 11.9 Å². The fourth-order valence-corrected chi connectivity index (χ4v) is 2.19. The second kappa shape index (κ2) is 5.54. The molecule has 1 aromatic carbocycles.